The van der Waals surface area contributed by atoms with Crippen LogP contribution in [0.1, 0.15) is 25.8 Å². The lowest BCUT2D eigenvalue weighted by atomic mass is 9.95. The van der Waals surface area contributed by atoms with Crippen molar-refractivity contribution in [2.24, 2.45) is 5.92 Å². The van der Waals surface area contributed by atoms with Crippen LogP contribution in [0.2, 0.25) is 5.02 Å². The van der Waals surface area contributed by atoms with Gasteiger partial charge < -0.3 is 4.74 Å². The topological polar surface area (TPSA) is 33.0 Å². The van der Waals surface area contributed by atoms with Crippen molar-refractivity contribution in [1.29, 1.82) is 5.26 Å². The molecule has 0 N–H and O–H groups in total. The number of ether oxygens (including phenoxy) is 1. The van der Waals surface area contributed by atoms with Crippen molar-refractivity contribution in [2.45, 2.75) is 25.7 Å². The summed E-state index contributed by atoms with van der Waals surface area (Å²) < 4.78 is 5.37. The van der Waals surface area contributed by atoms with E-state index < -0.39 is 0 Å². The molecule has 0 saturated heterocycles. The Morgan fingerprint density at radius 3 is 2.75 bits per heavy atom. The van der Waals surface area contributed by atoms with E-state index in [-0.39, 0.29) is 5.41 Å². The average Bonchev–Trinajstić information content (AvgIpc) is 2.94. The third-order valence-corrected chi connectivity index (χ3v) is 3.55. The molecule has 84 valence electrons. The summed E-state index contributed by atoms with van der Waals surface area (Å²) in [6, 6.07) is 8.06. The first kappa shape index (κ1) is 11.3. The lowest BCUT2D eigenvalue weighted by Crippen LogP contribution is -2.06. The van der Waals surface area contributed by atoms with Crippen molar-refractivity contribution in [3.05, 3.63) is 28.8 Å². The summed E-state index contributed by atoms with van der Waals surface area (Å²) in [4.78, 5) is 0. The minimum absolute atomic E-state index is 0.311. The van der Waals surface area contributed by atoms with Gasteiger partial charge in [0.25, 0.3) is 0 Å². The van der Waals surface area contributed by atoms with Gasteiger partial charge in [-0.05, 0) is 37.0 Å². The van der Waals surface area contributed by atoms with Crippen LogP contribution in [-0.4, -0.2) is 6.61 Å². The number of nitriles is 1. The number of halogens is 1. The van der Waals surface area contributed by atoms with E-state index in [2.05, 4.69) is 13.0 Å². The molecule has 1 aliphatic carbocycles. The first-order chi connectivity index (χ1) is 7.64. The summed E-state index contributed by atoms with van der Waals surface area (Å²) in [6.45, 7) is 4.61. The van der Waals surface area contributed by atoms with Gasteiger partial charge in [0.2, 0.25) is 0 Å². The highest BCUT2D eigenvalue weighted by molar-refractivity contribution is 6.32. The number of rotatable bonds is 3. The summed E-state index contributed by atoms with van der Waals surface area (Å²) >= 11 is 6.11. The van der Waals surface area contributed by atoms with Gasteiger partial charge in [0.1, 0.15) is 5.75 Å². The number of hydrogen-bond acceptors (Lipinski definition) is 2. The molecular formula is C13H14ClNO. The molecule has 2 nitrogen and oxygen atoms in total. The molecule has 3 heteroatoms. The van der Waals surface area contributed by atoms with Crippen LogP contribution in [0.4, 0.5) is 0 Å². The van der Waals surface area contributed by atoms with Crippen molar-refractivity contribution >= 4 is 11.6 Å². The maximum absolute atomic E-state index is 9.22. The monoisotopic (exact) mass is 235 g/mol. The van der Waals surface area contributed by atoms with Crippen LogP contribution in [0, 0.1) is 17.2 Å². The molecule has 1 aliphatic rings. The summed E-state index contributed by atoms with van der Waals surface area (Å²) in [7, 11) is 0. The largest absolute Gasteiger partial charge is 0.492 e. The number of benzene rings is 1. The minimum atomic E-state index is -0.311. The Labute approximate surface area is 101 Å². The zero-order chi connectivity index (χ0) is 11.8. The highest BCUT2D eigenvalue weighted by Crippen LogP contribution is 2.54. The molecule has 0 bridgehead atoms. The quantitative estimate of drug-likeness (QED) is 0.803. The lowest BCUT2D eigenvalue weighted by molar-refractivity contribution is 0.340. The molecule has 2 atom stereocenters. The molecule has 0 aliphatic heterocycles. The highest BCUT2D eigenvalue weighted by Gasteiger charge is 2.53. The molecule has 0 aromatic heterocycles. The molecule has 0 heterocycles. The Hall–Kier alpha value is -1.20. The zero-order valence-corrected chi connectivity index (χ0v) is 10.2. The van der Waals surface area contributed by atoms with Gasteiger partial charge in [0, 0.05) is 0 Å². The van der Waals surface area contributed by atoms with E-state index in [0.717, 1.165) is 12.0 Å². The van der Waals surface area contributed by atoms with E-state index >= 15 is 0 Å². The van der Waals surface area contributed by atoms with Crippen LogP contribution in [0.15, 0.2) is 18.2 Å². The molecule has 1 aromatic rings. The molecule has 0 radical (unpaired) electrons. The van der Waals surface area contributed by atoms with Gasteiger partial charge in [-0.2, -0.15) is 5.26 Å². The van der Waals surface area contributed by atoms with Crippen LogP contribution in [0.25, 0.3) is 0 Å². The first-order valence-corrected chi connectivity index (χ1v) is 5.86. The Morgan fingerprint density at radius 1 is 1.62 bits per heavy atom. The predicted molar refractivity (Wildman–Crippen MR) is 63.7 cm³/mol. The van der Waals surface area contributed by atoms with Gasteiger partial charge in [-0.3, -0.25) is 0 Å². The van der Waals surface area contributed by atoms with Gasteiger partial charge in [-0.1, -0.05) is 24.6 Å². The minimum Gasteiger partial charge on any atom is -0.492 e. The third kappa shape index (κ3) is 1.66. The van der Waals surface area contributed by atoms with Crippen molar-refractivity contribution in [2.75, 3.05) is 6.61 Å². The molecular weight excluding hydrogens is 222 g/mol. The van der Waals surface area contributed by atoms with Crippen molar-refractivity contribution in [3.8, 4) is 11.8 Å². The van der Waals surface area contributed by atoms with Crippen LogP contribution in [0.3, 0.4) is 0 Å². The predicted octanol–water partition coefficient (Wildman–Crippen LogP) is 3.54. The Bertz CT molecular complexity index is 452. The Kier molecular flexibility index (Phi) is 2.82. The van der Waals surface area contributed by atoms with Crippen molar-refractivity contribution < 1.29 is 4.74 Å². The molecule has 0 amide bonds. The summed E-state index contributed by atoms with van der Waals surface area (Å²) in [6.07, 6.45) is 0.924. The van der Waals surface area contributed by atoms with Gasteiger partial charge in [0.05, 0.1) is 23.1 Å². The maximum Gasteiger partial charge on any atom is 0.137 e. The second kappa shape index (κ2) is 3.99. The van der Waals surface area contributed by atoms with E-state index in [1.807, 2.05) is 25.1 Å². The van der Waals surface area contributed by atoms with Gasteiger partial charge in [0.15, 0.2) is 0 Å². The van der Waals surface area contributed by atoms with Crippen LogP contribution in [0.5, 0.6) is 5.75 Å². The first-order valence-electron chi connectivity index (χ1n) is 5.48. The van der Waals surface area contributed by atoms with E-state index in [9.17, 15) is 5.26 Å². The molecule has 1 fully saturated rings. The maximum atomic E-state index is 9.22. The molecule has 2 rings (SSSR count). The van der Waals surface area contributed by atoms with E-state index in [4.69, 9.17) is 16.3 Å². The fourth-order valence-corrected chi connectivity index (χ4v) is 2.33. The SMILES string of the molecule is CCOc1ccc(C2(C#N)CC2C)cc1Cl. The Balaban J connectivity index is 2.32. The van der Waals surface area contributed by atoms with E-state index in [1.165, 1.54) is 0 Å². The second-order valence-corrected chi connectivity index (χ2v) is 4.67. The molecule has 2 unspecified atom stereocenters. The van der Waals surface area contributed by atoms with E-state index in [1.54, 1.807) is 0 Å². The van der Waals surface area contributed by atoms with Crippen LogP contribution >= 0.6 is 11.6 Å². The fourth-order valence-electron chi connectivity index (χ4n) is 2.10. The van der Waals surface area contributed by atoms with Crippen molar-refractivity contribution in [3.63, 3.8) is 0 Å². The smallest absolute Gasteiger partial charge is 0.137 e. The van der Waals surface area contributed by atoms with Gasteiger partial charge >= 0.3 is 0 Å². The van der Waals surface area contributed by atoms with Crippen LogP contribution < -0.4 is 4.74 Å². The summed E-state index contributed by atoms with van der Waals surface area (Å²) in [5.41, 5.74) is 0.699. The van der Waals surface area contributed by atoms with E-state index in [0.29, 0.717) is 23.3 Å². The molecule has 1 aromatic carbocycles. The van der Waals surface area contributed by atoms with Crippen molar-refractivity contribution in [1.82, 2.24) is 0 Å². The number of nitrogens with zero attached hydrogens (tertiary/aromatic N) is 1. The second-order valence-electron chi connectivity index (χ2n) is 4.27. The number of hydrogen-bond donors (Lipinski definition) is 0. The average molecular weight is 236 g/mol. The zero-order valence-electron chi connectivity index (χ0n) is 9.46. The lowest BCUT2D eigenvalue weighted by Gasteiger charge is -2.11. The fraction of sp³-hybridized carbons (Fsp3) is 0.462. The Morgan fingerprint density at radius 2 is 2.31 bits per heavy atom. The third-order valence-electron chi connectivity index (χ3n) is 3.26. The van der Waals surface area contributed by atoms with Gasteiger partial charge in [-0.15, -0.1) is 0 Å². The standard InChI is InChI=1S/C13H14ClNO/c1-3-16-12-5-4-10(6-11(12)14)13(8-15)7-9(13)2/h4-6,9H,3,7H2,1-2H3. The molecule has 1 saturated carbocycles. The van der Waals surface area contributed by atoms with Gasteiger partial charge in [-0.25, -0.2) is 0 Å². The van der Waals surface area contributed by atoms with Crippen LogP contribution in [-0.2, 0) is 5.41 Å². The summed E-state index contributed by atoms with van der Waals surface area (Å²) in [5, 5.41) is 9.81. The molecule has 16 heavy (non-hydrogen) atoms. The summed E-state index contributed by atoms with van der Waals surface area (Å²) in [5.74, 6) is 1.11. The molecule has 0 spiro atoms. The highest BCUT2D eigenvalue weighted by atomic mass is 35.5. The normalized spacial score (nSPS) is 27.2.